The van der Waals surface area contributed by atoms with E-state index in [9.17, 15) is 9.59 Å². The van der Waals surface area contributed by atoms with Crippen LogP contribution in [0.3, 0.4) is 0 Å². The molecule has 0 heterocycles. The molecule has 27 heavy (non-hydrogen) atoms. The first-order valence-corrected chi connectivity index (χ1v) is 8.39. The maximum absolute atomic E-state index is 10.3. The smallest absolute Gasteiger partial charge is 0 e. The van der Waals surface area contributed by atoms with E-state index < -0.39 is 0 Å². The summed E-state index contributed by atoms with van der Waals surface area (Å²) in [5.41, 5.74) is 2.97. The zero-order valence-electron chi connectivity index (χ0n) is 16.9. The summed E-state index contributed by atoms with van der Waals surface area (Å²) in [4.78, 5) is 20.6. The fourth-order valence-electron chi connectivity index (χ4n) is 2.34. The molecule has 2 radical (unpaired) electrons. The maximum Gasteiger partial charge on any atom is 0 e. The fourth-order valence-corrected chi connectivity index (χ4v) is 2.34. The van der Waals surface area contributed by atoms with Gasteiger partial charge < -0.3 is 9.59 Å². The van der Waals surface area contributed by atoms with Crippen molar-refractivity contribution in [2.24, 2.45) is 0 Å². The number of hydrogen-bond acceptors (Lipinski definition) is 2. The summed E-state index contributed by atoms with van der Waals surface area (Å²) in [6, 6.07) is 20.1. The zero-order chi connectivity index (χ0) is 18.9. The Kier molecular flexibility index (Phi) is 15.2. The summed E-state index contributed by atoms with van der Waals surface area (Å²) < 4.78 is 0. The zero-order valence-corrected chi connectivity index (χ0v) is 22.6. The van der Waals surface area contributed by atoms with Crippen LogP contribution in [-0.2, 0) is 85.8 Å². The van der Waals surface area contributed by atoms with Gasteiger partial charge in [-0.25, -0.2) is 0 Å². The van der Waals surface area contributed by atoms with Gasteiger partial charge in [0.2, 0.25) is 0 Å². The van der Waals surface area contributed by atoms with Gasteiger partial charge in [-0.1, -0.05) is 45.4 Å². The molecule has 0 bridgehead atoms. The van der Waals surface area contributed by atoms with Gasteiger partial charge in [-0.2, -0.15) is 71.3 Å². The molecule has 4 heteroatoms. The van der Waals surface area contributed by atoms with Crippen molar-refractivity contribution in [3.63, 3.8) is 0 Å². The van der Waals surface area contributed by atoms with Crippen molar-refractivity contribution in [3.05, 3.63) is 71.3 Å². The molecule has 0 saturated heterocycles. The van der Waals surface area contributed by atoms with Crippen molar-refractivity contribution in [2.45, 2.75) is 58.3 Å². The van der Waals surface area contributed by atoms with Crippen molar-refractivity contribution in [1.29, 1.82) is 0 Å². The van der Waals surface area contributed by atoms with Gasteiger partial charge in [-0.05, 0) is 0 Å². The van der Waals surface area contributed by atoms with Crippen LogP contribution in [0.5, 0.6) is 0 Å². The molecule has 0 unspecified atom stereocenters. The summed E-state index contributed by atoms with van der Waals surface area (Å²) in [7, 11) is 0. The molecular weight excluding hydrogens is 486 g/mol. The summed E-state index contributed by atoms with van der Waals surface area (Å²) in [6.45, 7) is 10.1. The van der Waals surface area contributed by atoms with Crippen LogP contribution >= 0.6 is 0 Å². The number of aryl methyl sites for hydroxylation is 1. The molecule has 0 N–H and O–H groups in total. The molecule has 0 aliphatic heterocycles. The average Bonchev–Trinajstić information content (AvgIpc) is 2.56. The minimum absolute atomic E-state index is 0. The Balaban J connectivity index is 0. The van der Waals surface area contributed by atoms with Crippen molar-refractivity contribution >= 4 is 12.6 Å². The number of rotatable bonds is 6. The van der Waals surface area contributed by atoms with E-state index >= 15 is 0 Å². The standard InChI is InChI=1S/C12H14O.C11H12O.2Y/c1-10-5-4-6-11(9-10)12(2,3)7-8-13;1-11(2,8-9-12)10-6-4-3-5-7-10;;/h4-6H,7H2,1-3H3;3-6H,8H2,1-2H3;;/q2*-2;;. The minimum Gasteiger partial charge on any atom is -0.542 e. The molecule has 0 aromatic heterocycles. The number of benzene rings is 2. The van der Waals surface area contributed by atoms with Gasteiger partial charge in [0.1, 0.15) is 0 Å². The van der Waals surface area contributed by atoms with Crippen LogP contribution in [0.15, 0.2) is 42.5 Å². The maximum atomic E-state index is 10.3. The molecule has 0 amide bonds. The molecule has 0 aliphatic rings. The summed E-state index contributed by atoms with van der Waals surface area (Å²) >= 11 is 0. The molecule has 0 saturated carbocycles. The predicted molar refractivity (Wildman–Crippen MR) is 102 cm³/mol. The van der Waals surface area contributed by atoms with E-state index in [4.69, 9.17) is 0 Å². The number of carbonyl (C=O) groups excluding carboxylic acids is 2. The minimum atomic E-state index is -0.145. The van der Waals surface area contributed by atoms with Crippen LogP contribution in [0.1, 0.15) is 57.2 Å². The van der Waals surface area contributed by atoms with Crippen molar-refractivity contribution in [2.75, 3.05) is 0 Å². The fraction of sp³-hybridized carbons (Fsp3) is 0.391. The van der Waals surface area contributed by atoms with Gasteiger partial charge in [-0.15, -0.1) is 12.8 Å². The molecular formula is C23H26O2Y2-4. The van der Waals surface area contributed by atoms with Crippen LogP contribution in [0.4, 0.5) is 0 Å². The Hall–Kier alpha value is -0.0122. The SMILES string of the molecule is CC(C)(C[C-]=O)c1[c-]cccc1.Cc1[c-]c(C(C)(C)C[C-]=O)ccc1.[Y].[Y]. The summed E-state index contributed by atoms with van der Waals surface area (Å²) in [5.74, 6) is 0. The molecule has 2 aromatic carbocycles. The molecule has 2 aromatic rings. The van der Waals surface area contributed by atoms with E-state index in [2.05, 4.69) is 12.1 Å². The van der Waals surface area contributed by atoms with Crippen molar-refractivity contribution < 1.29 is 75.0 Å². The second-order valence-electron chi connectivity index (χ2n) is 7.43. The monoisotopic (exact) mass is 512 g/mol. The average molecular weight is 512 g/mol. The van der Waals surface area contributed by atoms with Crippen molar-refractivity contribution in [3.8, 4) is 0 Å². The second kappa shape index (κ2) is 14.0. The molecule has 0 aliphatic carbocycles. The third-order valence-electron chi connectivity index (χ3n) is 4.14. The number of hydrogen-bond donors (Lipinski definition) is 0. The van der Waals surface area contributed by atoms with E-state index in [-0.39, 0.29) is 76.2 Å². The van der Waals surface area contributed by atoms with Crippen LogP contribution in [0.2, 0.25) is 0 Å². The Labute approximate surface area is 215 Å². The third kappa shape index (κ3) is 10.4. The van der Waals surface area contributed by atoms with Crippen LogP contribution in [0.25, 0.3) is 0 Å². The summed E-state index contributed by atoms with van der Waals surface area (Å²) in [5, 5.41) is 0. The van der Waals surface area contributed by atoms with Gasteiger partial charge in [0, 0.05) is 65.4 Å². The first-order valence-electron chi connectivity index (χ1n) is 8.39. The van der Waals surface area contributed by atoms with E-state index in [1.165, 1.54) is 0 Å². The molecule has 0 fully saturated rings. The Bertz CT molecular complexity index is 680. The van der Waals surface area contributed by atoms with Crippen LogP contribution in [0, 0.1) is 19.1 Å². The van der Waals surface area contributed by atoms with Gasteiger partial charge in [-0.3, -0.25) is 12.6 Å². The van der Waals surface area contributed by atoms with E-state index in [0.717, 1.165) is 16.7 Å². The normalized spacial score (nSPS) is 10.4. The molecule has 0 atom stereocenters. The van der Waals surface area contributed by atoms with Crippen LogP contribution in [-0.4, -0.2) is 12.6 Å². The van der Waals surface area contributed by atoms with E-state index in [0.29, 0.717) is 12.8 Å². The quantitative estimate of drug-likeness (QED) is 0.520. The molecule has 2 rings (SSSR count). The molecule has 0 spiro atoms. The van der Waals surface area contributed by atoms with Gasteiger partial charge in [0.15, 0.2) is 0 Å². The van der Waals surface area contributed by atoms with Gasteiger partial charge in [0.05, 0.1) is 0 Å². The molecule has 2 nitrogen and oxygen atoms in total. The van der Waals surface area contributed by atoms with Crippen molar-refractivity contribution in [1.82, 2.24) is 0 Å². The first-order chi connectivity index (χ1) is 11.7. The molecule has 140 valence electrons. The second-order valence-corrected chi connectivity index (χ2v) is 7.43. The first kappa shape index (κ1) is 29.2. The van der Waals surface area contributed by atoms with E-state index in [1.807, 2.05) is 89.7 Å². The van der Waals surface area contributed by atoms with Gasteiger partial charge >= 0.3 is 0 Å². The predicted octanol–water partition coefficient (Wildman–Crippen LogP) is 4.83. The van der Waals surface area contributed by atoms with Crippen LogP contribution < -0.4 is 0 Å². The van der Waals surface area contributed by atoms with Gasteiger partial charge in [0.25, 0.3) is 0 Å². The summed E-state index contributed by atoms with van der Waals surface area (Å²) in [6.07, 6.45) is 4.74. The Morgan fingerprint density at radius 2 is 1.33 bits per heavy atom. The Morgan fingerprint density at radius 3 is 1.78 bits per heavy atom. The largest absolute Gasteiger partial charge is 0.542 e. The Morgan fingerprint density at radius 1 is 0.815 bits per heavy atom. The van der Waals surface area contributed by atoms with E-state index in [1.54, 1.807) is 0 Å². The third-order valence-corrected chi connectivity index (χ3v) is 4.14. The topological polar surface area (TPSA) is 34.1 Å².